The molecule has 1 saturated carbocycles. The second-order valence-electron chi connectivity index (χ2n) is 7.53. The first kappa shape index (κ1) is 19.3. The van der Waals surface area contributed by atoms with E-state index in [1.807, 2.05) is 25.1 Å². The Bertz CT molecular complexity index is 1080. The molecule has 0 saturated heterocycles. The Balaban J connectivity index is 1.71. The zero-order valence-electron chi connectivity index (χ0n) is 16.6. The minimum atomic E-state index is -0.139. The molecule has 3 aromatic rings. The highest BCUT2D eigenvalue weighted by Crippen LogP contribution is 2.41. The number of aromatic nitrogens is 3. The lowest BCUT2D eigenvalue weighted by molar-refractivity contribution is -0.117. The lowest BCUT2D eigenvalue weighted by atomic mass is 10.0. The zero-order chi connectivity index (χ0) is 20.5. The predicted molar refractivity (Wildman–Crippen MR) is 113 cm³/mol. The molecular formula is C22H25N5O2. The molecule has 4 N–H and O–H groups in total. The van der Waals surface area contributed by atoms with Crippen LogP contribution in [0.4, 0.5) is 11.6 Å². The summed E-state index contributed by atoms with van der Waals surface area (Å²) >= 11 is 0. The molecule has 7 nitrogen and oxygen atoms in total. The Morgan fingerprint density at radius 3 is 2.76 bits per heavy atom. The Labute approximate surface area is 169 Å². The van der Waals surface area contributed by atoms with Gasteiger partial charge in [0.15, 0.2) is 0 Å². The van der Waals surface area contributed by atoms with Crippen molar-refractivity contribution >= 4 is 28.3 Å². The maximum Gasteiger partial charge on any atom is 0.228 e. The number of aliphatic hydroxyl groups excluding tert-OH is 1. The molecule has 1 aliphatic carbocycles. The highest BCUT2D eigenvalue weighted by molar-refractivity contribution is 5.98. The summed E-state index contributed by atoms with van der Waals surface area (Å²) in [5.74, 6) is 1.50. The van der Waals surface area contributed by atoms with Crippen LogP contribution in [0.5, 0.6) is 0 Å². The van der Waals surface area contributed by atoms with Gasteiger partial charge in [0.25, 0.3) is 0 Å². The van der Waals surface area contributed by atoms with E-state index < -0.39 is 0 Å². The maximum absolute atomic E-state index is 12.4. The average molecular weight is 391 g/mol. The molecule has 0 spiro atoms. The number of nitrogens with zero attached hydrogens (tertiary/aromatic N) is 3. The number of carbonyl (C=O) groups excluding carboxylic acids is 1. The number of carbonyl (C=O) groups is 1. The first-order chi connectivity index (χ1) is 14.0. The molecular weight excluding hydrogens is 366 g/mol. The molecule has 4 rings (SSSR count). The lowest BCUT2D eigenvalue weighted by Gasteiger charge is -2.12. The van der Waals surface area contributed by atoms with Crippen LogP contribution in [-0.2, 0) is 17.8 Å². The van der Waals surface area contributed by atoms with Crippen LogP contribution >= 0.6 is 0 Å². The van der Waals surface area contributed by atoms with Crippen LogP contribution in [0.2, 0.25) is 0 Å². The number of nitrogens with one attached hydrogen (secondary N) is 1. The largest absolute Gasteiger partial charge is 0.390 e. The number of pyridine rings is 3. The maximum atomic E-state index is 12.4. The van der Waals surface area contributed by atoms with Crippen LogP contribution in [0, 0.1) is 11.8 Å². The van der Waals surface area contributed by atoms with Gasteiger partial charge in [-0.1, -0.05) is 20.3 Å². The molecule has 29 heavy (non-hydrogen) atoms. The van der Waals surface area contributed by atoms with Gasteiger partial charge in [0.2, 0.25) is 5.91 Å². The topological polar surface area (TPSA) is 114 Å². The molecule has 7 heteroatoms. The second-order valence-corrected chi connectivity index (χ2v) is 7.53. The van der Waals surface area contributed by atoms with Crippen LogP contribution in [0.3, 0.4) is 0 Å². The number of hydrogen-bond donors (Lipinski definition) is 3. The van der Waals surface area contributed by atoms with Gasteiger partial charge < -0.3 is 16.2 Å². The lowest BCUT2D eigenvalue weighted by Crippen LogP contribution is -2.15. The van der Waals surface area contributed by atoms with E-state index in [0.29, 0.717) is 28.9 Å². The normalized spacial score (nSPS) is 18.0. The van der Waals surface area contributed by atoms with Crippen LogP contribution in [0.15, 0.2) is 30.6 Å². The van der Waals surface area contributed by atoms with Crippen molar-refractivity contribution in [3.8, 4) is 11.3 Å². The van der Waals surface area contributed by atoms with Crippen molar-refractivity contribution in [2.24, 2.45) is 11.8 Å². The summed E-state index contributed by atoms with van der Waals surface area (Å²) in [6, 6.07) is 5.61. The molecule has 0 aliphatic heterocycles. The molecule has 0 radical (unpaired) electrons. The number of amides is 1. The van der Waals surface area contributed by atoms with Gasteiger partial charge in [-0.15, -0.1) is 0 Å². The molecule has 2 atom stereocenters. The van der Waals surface area contributed by atoms with E-state index in [1.54, 1.807) is 12.4 Å². The van der Waals surface area contributed by atoms with Gasteiger partial charge in [-0.2, -0.15) is 0 Å². The monoisotopic (exact) mass is 391 g/mol. The molecule has 3 heterocycles. The Morgan fingerprint density at radius 1 is 1.24 bits per heavy atom. The van der Waals surface area contributed by atoms with E-state index in [2.05, 4.69) is 27.2 Å². The highest BCUT2D eigenvalue weighted by Gasteiger charge is 2.41. The number of aryl methyl sites for hydroxylation is 1. The van der Waals surface area contributed by atoms with E-state index in [1.165, 1.54) is 0 Å². The van der Waals surface area contributed by atoms with Crippen LogP contribution in [0.1, 0.15) is 37.9 Å². The Morgan fingerprint density at radius 2 is 2.07 bits per heavy atom. The summed E-state index contributed by atoms with van der Waals surface area (Å²) in [5, 5.41) is 14.0. The van der Waals surface area contributed by atoms with Crippen molar-refractivity contribution in [1.82, 2.24) is 15.0 Å². The molecule has 1 amide bonds. The standard InChI is InChI=1S/C22H25N5O2/c1-3-12-5-17(12)22(29)27-20-7-14-6-19(26-21(23)18(14)10-25-20)16-8-15(11-28)24-9-13(16)4-2/h6-10,12,17,28H,3-5,11H2,1-2H3,(H2,23,26)(H,25,27,29). The van der Waals surface area contributed by atoms with Crippen molar-refractivity contribution in [2.75, 3.05) is 11.1 Å². The minimum Gasteiger partial charge on any atom is -0.390 e. The molecule has 3 aromatic heterocycles. The van der Waals surface area contributed by atoms with Gasteiger partial charge in [0.05, 0.1) is 18.0 Å². The number of hydrogen-bond acceptors (Lipinski definition) is 6. The van der Waals surface area contributed by atoms with Gasteiger partial charge >= 0.3 is 0 Å². The van der Waals surface area contributed by atoms with Gasteiger partial charge in [-0.3, -0.25) is 9.78 Å². The number of aliphatic hydroxyl groups is 1. The van der Waals surface area contributed by atoms with Gasteiger partial charge in [0.1, 0.15) is 11.6 Å². The fourth-order valence-electron chi connectivity index (χ4n) is 3.75. The van der Waals surface area contributed by atoms with Gasteiger partial charge in [-0.25, -0.2) is 9.97 Å². The van der Waals surface area contributed by atoms with E-state index >= 15 is 0 Å². The first-order valence-electron chi connectivity index (χ1n) is 10.00. The number of fused-ring (bicyclic) bond motifs is 1. The van der Waals surface area contributed by atoms with Crippen LogP contribution in [-0.4, -0.2) is 26.0 Å². The number of rotatable bonds is 6. The number of nitrogens with two attached hydrogens (primary N) is 1. The molecule has 150 valence electrons. The van der Waals surface area contributed by atoms with Crippen molar-refractivity contribution < 1.29 is 9.90 Å². The summed E-state index contributed by atoms with van der Waals surface area (Å²) in [6.45, 7) is 4.01. The molecule has 1 fully saturated rings. The van der Waals surface area contributed by atoms with Crippen LogP contribution in [0.25, 0.3) is 22.0 Å². The van der Waals surface area contributed by atoms with Crippen LogP contribution < -0.4 is 11.1 Å². The molecule has 1 aliphatic rings. The quantitative estimate of drug-likeness (QED) is 0.594. The number of anilines is 2. The number of nitrogen functional groups attached to an aromatic ring is 1. The van der Waals surface area contributed by atoms with E-state index in [-0.39, 0.29) is 18.4 Å². The summed E-state index contributed by atoms with van der Waals surface area (Å²) in [4.78, 5) is 25.5. The van der Waals surface area contributed by atoms with E-state index in [9.17, 15) is 9.90 Å². The molecule has 0 aromatic carbocycles. The van der Waals surface area contributed by atoms with Crippen molar-refractivity contribution in [2.45, 2.75) is 39.7 Å². The van der Waals surface area contributed by atoms with Crippen molar-refractivity contribution in [3.05, 3.63) is 41.9 Å². The minimum absolute atomic E-state index is 0.0287. The third-order valence-corrected chi connectivity index (χ3v) is 5.64. The highest BCUT2D eigenvalue weighted by atomic mass is 16.3. The zero-order valence-corrected chi connectivity index (χ0v) is 16.6. The predicted octanol–water partition coefficient (Wildman–Crippen LogP) is 3.31. The van der Waals surface area contributed by atoms with Crippen molar-refractivity contribution in [3.63, 3.8) is 0 Å². The fourth-order valence-corrected chi connectivity index (χ4v) is 3.75. The molecule has 0 bridgehead atoms. The van der Waals surface area contributed by atoms with Gasteiger partial charge in [-0.05, 0) is 47.9 Å². The SMILES string of the molecule is CCc1cnc(CO)cc1-c1cc2cc(NC(=O)C3CC3CC)ncc2c(N)n1. The fraction of sp³-hybridized carbons (Fsp3) is 0.364. The summed E-state index contributed by atoms with van der Waals surface area (Å²) in [6.07, 6.45) is 6.17. The van der Waals surface area contributed by atoms with E-state index in [4.69, 9.17) is 5.73 Å². The van der Waals surface area contributed by atoms with Gasteiger partial charge in [0, 0.05) is 29.3 Å². The van der Waals surface area contributed by atoms with Crippen molar-refractivity contribution in [1.29, 1.82) is 0 Å². The third kappa shape index (κ3) is 3.78. The first-order valence-corrected chi connectivity index (χ1v) is 10.00. The summed E-state index contributed by atoms with van der Waals surface area (Å²) in [7, 11) is 0. The summed E-state index contributed by atoms with van der Waals surface area (Å²) in [5.41, 5.74) is 9.40. The smallest absolute Gasteiger partial charge is 0.228 e. The summed E-state index contributed by atoms with van der Waals surface area (Å²) < 4.78 is 0. The van der Waals surface area contributed by atoms with E-state index in [0.717, 1.165) is 41.2 Å². The second kappa shape index (κ2) is 7.75. The Kier molecular flexibility index (Phi) is 5.15. The third-order valence-electron chi connectivity index (χ3n) is 5.64. The Hall–Kier alpha value is -3.06. The molecule has 2 unspecified atom stereocenters. The average Bonchev–Trinajstić information content (AvgIpc) is 3.53.